The van der Waals surface area contributed by atoms with Gasteiger partial charge in [-0.05, 0) is 15.9 Å². The highest BCUT2D eigenvalue weighted by atomic mass is 79.9. The second-order valence-corrected chi connectivity index (χ2v) is 6.74. The van der Waals surface area contributed by atoms with Crippen LogP contribution in [0.5, 0.6) is 0 Å². The normalized spacial score (nSPS) is 19.7. The largest absolute Gasteiger partial charge is 0.457 e. The van der Waals surface area contributed by atoms with E-state index in [0.717, 1.165) is 42.1 Å². The minimum atomic E-state index is -0.609. The first-order valence-electron chi connectivity index (χ1n) is 7.48. The molecule has 1 aromatic rings. The van der Waals surface area contributed by atoms with Gasteiger partial charge < -0.3 is 19.2 Å². The zero-order chi connectivity index (χ0) is 16.3. The molecule has 23 heavy (non-hydrogen) atoms. The van der Waals surface area contributed by atoms with Gasteiger partial charge in [0.15, 0.2) is 12.4 Å². The molecule has 124 valence electrons. The average Bonchev–Trinajstić information content (AvgIpc) is 2.88. The molecule has 0 bridgehead atoms. The molecule has 0 aromatic carbocycles. The third-order valence-electron chi connectivity index (χ3n) is 3.48. The van der Waals surface area contributed by atoms with Crippen molar-refractivity contribution >= 4 is 27.6 Å². The molecule has 1 saturated heterocycles. The molecule has 0 spiro atoms. The summed E-state index contributed by atoms with van der Waals surface area (Å²) in [5.41, 5.74) is 1.04. The Morgan fingerprint density at radius 2 is 2.00 bits per heavy atom. The molecule has 1 fully saturated rings. The number of oxime groups is 1. The molecule has 0 N–H and O–H groups in total. The molecule has 0 saturated carbocycles. The average molecular weight is 383 g/mol. The lowest BCUT2D eigenvalue weighted by atomic mass is 10.1. The predicted octanol–water partition coefficient (Wildman–Crippen LogP) is 2.84. The van der Waals surface area contributed by atoms with Gasteiger partial charge in [0.05, 0.1) is 10.2 Å². The minimum absolute atomic E-state index is 0.284. The second-order valence-electron chi connectivity index (χ2n) is 5.82. The Morgan fingerprint density at radius 3 is 2.61 bits per heavy atom. The van der Waals surface area contributed by atoms with E-state index in [1.54, 1.807) is 18.7 Å². The fraction of sp³-hybridized carbons (Fsp3) is 0.533. The van der Waals surface area contributed by atoms with Crippen LogP contribution in [0.4, 0.5) is 5.95 Å². The molecule has 0 amide bonds. The number of hydrogen-bond donors (Lipinski definition) is 0. The summed E-state index contributed by atoms with van der Waals surface area (Å²) < 4.78 is 11.7. The molecular weight excluding hydrogens is 364 g/mol. The summed E-state index contributed by atoms with van der Waals surface area (Å²) in [6.07, 6.45) is 6.76. The summed E-state index contributed by atoms with van der Waals surface area (Å²) in [5, 5.41) is 4.20. The van der Waals surface area contributed by atoms with Gasteiger partial charge in [-0.15, -0.1) is 0 Å². The lowest BCUT2D eigenvalue weighted by molar-refractivity contribution is -0.121. The van der Waals surface area contributed by atoms with Crippen LogP contribution in [-0.2, 0) is 14.3 Å². The van der Waals surface area contributed by atoms with Crippen LogP contribution in [-0.4, -0.2) is 41.2 Å². The van der Waals surface area contributed by atoms with Crippen molar-refractivity contribution in [1.29, 1.82) is 0 Å². The van der Waals surface area contributed by atoms with Gasteiger partial charge in [-0.3, -0.25) is 0 Å². The molecule has 0 atom stereocenters. The number of anilines is 1. The quantitative estimate of drug-likeness (QED) is 0.745. The molecule has 0 aliphatic carbocycles. The third-order valence-corrected chi connectivity index (χ3v) is 3.89. The Bertz CT molecular complexity index is 606. The van der Waals surface area contributed by atoms with Crippen LogP contribution in [0, 0.1) is 0 Å². The fourth-order valence-corrected chi connectivity index (χ4v) is 2.55. The number of nitrogens with zero attached hydrogens (tertiary/aromatic N) is 4. The predicted molar refractivity (Wildman–Crippen MR) is 88.9 cm³/mol. The monoisotopic (exact) mass is 382 g/mol. The second kappa shape index (κ2) is 6.74. The highest BCUT2D eigenvalue weighted by molar-refractivity contribution is 9.10. The number of piperidine rings is 1. The number of ether oxygens (including phenoxy) is 2. The molecule has 0 unspecified atom stereocenters. The van der Waals surface area contributed by atoms with Crippen LogP contribution >= 0.6 is 15.9 Å². The van der Waals surface area contributed by atoms with Gasteiger partial charge >= 0.3 is 0 Å². The van der Waals surface area contributed by atoms with E-state index in [9.17, 15) is 0 Å². The van der Waals surface area contributed by atoms with Crippen molar-refractivity contribution in [1.82, 2.24) is 9.97 Å². The van der Waals surface area contributed by atoms with Gasteiger partial charge in [-0.1, -0.05) is 5.16 Å². The maximum Gasteiger partial charge on any atom is 0.244 e. The summed E-state index contributed by atoms with van der Waals surface area (Å²) >= 11 is 3.34. The molecule has 1 aromatic heterocycles. The summed E-state index contributed by atoms with van der Waals surface area (Å²) in [7, 11) is 0. The molecule has 3 heterocycles. The van der Waals surface area contributed by atoms with Crippen LogP contribution in [0.1, 0.15) is 26.7 Å². The first kappa shape index (κ1) is 16.0. The number of halogens is 1. The molecule has 3 rings (SSSR count). The van der Waals surface area contributed by atoms with E-state index in [-0.39, 0.29) is 6.61 Å². The van der Waals surface area contributed by atoms with Crippen LogP contribution in [0.25, 0.3) is 0 Å². The highest BCUT2D eigenvalue weighted by Gasteiger charge is 2.27. The summed E-state index contributed by atoms with van der Waals surface area (Å²) in [6, 6.07) is 0. The first-order chi connectivity index (χ1) is 11.0. The van der Waals surface area contributed by atoms with Gasteiger partial charge in [0.1, 0.15) is 6.26 Å². The standard InChI is InChI=1S/C15H19BrN4O3/c1-15(2)21-9-13(23-15)10-22-19-12-3-5-20(6-4-12)14-17-7-11(16)8-18-14/h7-9H,3-6,10H2,1-2H3. The summed E-state index contributed by atoms with van der Waals surface area (Å²) in [4.78, 5) is 16.1. The zero-order valence-corrected chi connectivity index (χ0v) is 14.7. The van der Waals surface area contributed by atoms with Crippen molar-refractivity contribution in [2.45, 2.75) is 32.5 Å². The molecule has 0 radical (unpaired) electrons. The van der Waals surface area contributed by atoms with E-state index in [0.29, 0.717) is 5.76 Å². The number of hydrogen-bond acceptors (Lipinski definition) is 7. The Labute approximate surface area is 143 Å². The molecule has 7 nitrogen and oxygen atoms in total. The van der Waals surface area contributed by atoms with Crippen molar-refractivity contribution < 1.29 is 14.3 Å². The van der Waals surface area contributed by atoms with E-state index in [2.05, 4.69) is 36.0 Å². The van der Waals surface area contributed by atoms with Crippen LogP contribution in [0.15, 0.2) is 34.0 Å². The molecule has 2 aliphatic heterocycles. The molecular formula is C15H19BrN4O3. The number of aromatic nitrogens is 2. The Kier molecular flexibility index (Phi) is 4.70. The van der Waals surface area contributed by atoms with E-state index < -0.39 is 5.79 Å². The van der Waals surface area contributed by atoms with E-state index in [4.69, 9.17) is 14.3 Å². The lowest BCUT2D eigenvalue weighted by Gasteiger charge is -2.27. The van der Waals surface area contributed by atoms with Crippen LogP contribution < -0.4 is 4.90 Å². The van der Waals surface area contributed by atoms with E-state index in [1.807, 2.05) is 13.8 Å². The Balaban J connectivity index is 1.44. The van der Waals surface area contributed by atoms with Gasteiger partial charge in [-0.25, -0.2) is 9.97 Å². The van der Waals surface area contributed by atoms with Crippen molar-refractivity contribution in [2.24, 2.45) is 5.16 Å². The maximum atomic E-state index is 5.54. The smallest absolute Gasteiger partial charge is 0.244 e. The third kappa shape index (κ3) is 4.34. The lowest BCUT2D eigenvalue weighted by Crippen LogP contribution is -2.35. The van der Waals surface area contributed by atoms with Crippen LogP contribution in [0.2, 0.25) is 0 Å². The minimum Gasteiger partial charge on any atom is -0.457 e. The highest BCUT2D eigenvalue weighted by Crippen LogP contribution is 2.24. The topological polar surface area (TPSA) is 69.1 Å². The van der Waals surface area contributed by atoms with Crippen LogP contribution in [0.3, 0.4) is 0 Å². The van der Waals surface area contributed by atoms with Crippen molar-refractivity contribution in [3.05, 3.63) is 28.9 Å². The Morgan fingerprint density at radius 1 is 1.30 bits per heavy atom. The zero-order valence-electron chi connectivity index (χ0n) is 13.2. The van der Waals surface area contributed by atoms with Gasteiger partial charge in [-0.2, -0.15) is 0 Å². The van der Waals surface area contributed by atoms with Gasteiger partial charge in [0, 0.05) is 52.2 Å². The fourth-order valence-electron chi connectivity index (χ4n) is 2.35. The molecule has 2 aliphatic rings. The summed E-state index contributed by atoms with van der Waals surface area (Å²) in [6.45, 7) is 5.65. The SMILES string of the molecule is CC1(C)OC=C(CON=C2CCN(c3ncc(Br)cn3)CC2)O1. The van der Waals surface area contributed by atoms with Crippen molar-refractivity contribution in [2.75, 3.05) is 24.6 Å². The molecule has 8 heteroatoms. The number of rotatable bonds is 4. The van der Waals surface area contributed by atoms with E-state index >= 15 is 0 Å². The van der Waals surface area contributed by atoms with Gasteiger partial charge in [0.25, 0.3) is 0 Å². The van der Waals surface area contributed by atoms with Crippen molar-refractivity contribution in [3.8, 4) is 0 Å². The maximum absolute atomic E-state index is 5.54. The Hall–Kier alpha value is -1.83. The first-order valence-corrected chi connectivity index (χ1v) is 8.27. The van der Waals surface area contributed by atoms with Gasteiger partial charge in [0.2, 0.25) is 11.7 Å². The van der Waals surface area contributed by atoms with E-state index in [1.165, 1.54) is 0 Å². The van der Waals surface area contributed by atoms with Crippen molar-refractivity contribution in [3.63, 3.8) is 0 Å². The summed E-state index contributed by atoms with van der Waals surface area (Å²) in [5.74, 6) is 0.791.